The van der Waals surface area contributed by atoms with E-state index in [4.69, 9.17) is 11.6 Å². The molecule has 0 bridgehead atoms. The fraction of sp³-hybridized carbons (Fsp3) is 0.308. The summed E-state index contributed by atoms with van der Waals surface area (Å²) in [6.07, 6.45) is 0. The number of benzene rings is 1. The van der Waals surface area contributed by atoms with Gasteiger partial charge in [-0.3, -0.25) is 0 Å². The average molecular weight is 347 g/mol. The van der Waals surface area contributed by atoms with E-state index in [1.54, 1.807) is 18.2 Å². The molecule has 0 fully saturated rings. The minimum Gasteiger partial charge on any atom is -0.356 e. The number of nitrogens with zero attached hydrogens (tertiary/aromatic N) is 1. The van der Waals surface area contributed by atoms with Gasteiger partial charge in [0.15, 0.2) is 10.2 Å². The first-order chi connectivity index (χ1) is 9.91. The van der Waals surface area contributed by atoms with Crippen LogP contribution in [0.2, 0.25) is 4.34 Å². The van der Waals surface area contributed by atoms with Crippen molar-refractivity contribution < 1.29 is 13.3 Å². The Balaban J connectivity index is 2.23. The molecule has 21 heavy (non-hydrogen) atoms. The van der Waals surface area contributed by atoms with Crippen LogP contribution >= 0.6 is 22.9 Å². The van der Waals surface area contributed by atoms with E-state index in [0.717, 1.165) is 17.9 Å². The van der Waals surface area contributed by atoms with Gasteiger partial charge in [-0.25, -0.2) is 13.4 Å². The fourth-order valence-electron chi connectivity index (χ4n) is 1.66. The number of quaternary nitrogens is 1. The Bertz CT molecular complexity index is 699. The lowest BCUT2D eigenvalue weighted by atomic mass is 10.4. The molecule has 0 atom stereocenters. The van der Waals surface area contributed by atoms with Gasteiger partial charge in [0.2, 0.25) is 9.84 Å². The highest BCUT2D eigenvalue weighted by Crippen LogP contribution is 2.34. The summed E-state index contributed by atoms with van der Waals surface area (Å²) in [6, 6.07) is 8.18. The molecule has 0 unspecified atom stereocenters. The number of hydrogen-bond acceptors (Lipinski definition) is 5. The molecular weight excluding hydrogens is 330 g/mol. The molecule has 0 radical (unpaired) electrons. The second kappa shape index (κ2) is 6.74. The Morgan fingerprint density at radius 3 is 2.57 bits per heavy atom. The van der Waals surface area contributed by atoms with E-state index in [1.807, 2.05) is 14.1 Å². The molecule has 1 aromatic carbocycles. The van der Waals surface area contributed by atoms with E-state index in [0.29, 0.717) is 11.7 Å². The summed E-state index contributed by atoms with van der Waals surface area (Å²) in [5, 5.41) is 3.54. The molecule has 0 aliphatic rings. The molecule has 0 saturated carbocycles. The summed E-state index contributed by atoms with van der Waals surface area (Å²) in [6.45, 7) is 1.61. The standard InChI is InChI=1S/C13H16ClN3O2S2/c1-17(2)9-8-15-13-16-12(11(14)20-13)21(18,19)10-6-4-3-5-7-10/h3-7H,8-9H2,1-2H3,(H,15,16)/p+1. The predicted octanol–water partition coefficient (Wildman–Crippen LogP) is 1.19. The normalized spacial score (nSPS) is 11.8. The van der Waals surface area contributed by atoms with E-state index in [-0.39, 0.29) is 14.3 Å². The van der Waals surface area contributed by atoms with Crippen LogP contribution in [-0.4, -0.2) is 40.6 Å². The summed E-state index contributed by atoms with van der Waals surface area (Å²) >= 11 is 7.19. The zero-order valence-electron chi connectivity index (χ0n) is 11.8. The lowest BCUT2D eigenvalue weighted by molar-refractivity contribution is -0.856. The van der Waals surface area contributed by atoms with Gasteiger partial charge in [0.05, 0.1) is 32.1 Å². The van der Waals surface area contributed by atoms with E-state index in [2.05, 4.69) is 10.3 Å². The van der Waals surface area contributed by atoms with Crippen molar-refractivity contribution in [3.8, 4) is 0 Å². The second-order valence-corrected chi connectivity index (χ2v) is 8.26. The largest absolute Gasteiger partial charge is 0.356 e. The smallest absolute Gasteiger partial charge is 0.226 e. The Morgan fingerprint density at radius 1 is 1.29 bits per heavy atom. The summed E-state index contributed by atoms with van der Waals surface area (Å²) in [4.78, 5) is 5.62. The van der Waals surface area contributed by atoms with Gasteiger partial charge in [-0.2, -0.15) is 0 Å². The summed E-state index contributed by atoms with van der Waals surface area (Å²) in [5.41, 5.74) is 0. The molecule has 0 amide bonds. The summed E-state index contributed by atoms with van der Waals surface area (Å²) < 4.78 is 25.1. The highest BCUT2D eigenvalue weighted by Gasteiger charge is 2.25. The average Bonchev–Trinajstić information content (AvgIpc) is 2.81. The number of rotatable bonds is 6. The lowest BCUT2D eigenvalue weighted by Crippen LogP contribution is -3.06. The molecule has 2 rings (SSSR count). The zero-order valence-corrected chi connectivity index (χ0v) is 14.1. The molecule has 5 nitrogen and oxygen atoms in total. The Morgan fingerprint density at radius 2 is 1.95 bits per heavy atom. The number of halogens is 1. The minimum atomic E-state index is -3.67. The first-order valence-electron chi connectivity index (χ1n) is 6.40. The Hall–Kier alpha value is -1.15. The van der Waals surface area contributed by atoms with E-state index < -0.39 is 9.84 Å². The van der Waals surface area contributed by atoms with Crippen molar-refractivity contribution >= 4 is 37.9 Å². The predicted molar refractivity (Wildman–Crippen MR) is 85.2 cm³/mol. The third kappa shape index (κ3) is 3.94. The number of anilines is 1. The molecule has 0 aliphatic carbocycles. The van der Waals surface area contributed by atoms with Crippen LogP contribution in [0, 0.1) is 0 Å². The monoisotopic (exact) mass is 346 g/mol. The summed E-state index contributed by atoms with van der Waals surface area (Å²) in [7, 11) is 0.419. The number of nitrogens with one attached hydrogen (secondary N) is 2. The fourth-order valence-corrected chi connectivity index (χ4v) is 4.51. The number of aromatic nitrogens is 1. The van der Waals surface area contributed by atoms with Crippen LogP contribution in [0.1, 0.15) is 0 Å². The van der Waals surface area contributed by atoms with Crippen molar-refractivity contribution in [2.24, 2.45) is 0 Å². The van der Waals surface area contributed by atoms with Crippen LogP contribution in [0.15, 0.2) is 40.3 Å². The second-order valence-electron chi connectivity index (χ2n) is 4.80. The van der Waals surface area contributed by atoms with Crippen molar-refractivity contribution in [3.63, 3.8) is 0 Å². The molecule has 0 saturated heterocycles. The molecule has 0 aliphatic heterocycles. The van der Waals surface area contributed by atoms with Crippen LogP contribution in [0.25, 0.3) is 0 Å². The topological polar surface area (TPSA) is 63.5 Å². The molecule has 2 N–H and O–H groups in total. The third-order valence-corrected chi connectivity index (χ3v) is 5.92. The molecule has 2 aromatic rings. The first-order valence-corrected chi connectivity index (χ1v) is 9.08. The minimum absolute atomic E-state index is 0.0833. The highest BCUT2D eigenvalue weighted by atomic mass is 35.5. The maximum atomic E-state index is 12.5. The number of hydrogen-bond donors (Lipinski definition) is 2. The first kappa shape index (κ1) is 16.2. The van der Waals surface area contributed by atoms with Crippen LogP contribution in [0.5, 0.6) is 0 Å². The van der Waals surface area contributed by atoms with Crippen LogP contribution in [0.4, 0.5) is 5.13 Å². The van der Waals surface area contributed by atoms with Crippen LogP contribution in [0.3, 0.4) is 0 Å². The molecule has 8 heteroatoms. The number of thiazole rings is 1. The van der Waals surface area contributed by atoms with Gasteiger partial charge in [0, 0.05) is 0 Å². The van der Waals surface area contributed by atoms with Crippen molar-refractivity contribution in [2.75, 3.05) is 32.5 Å². The van der Waals surface area contributed by atoms with Gasteiger partial charge in [0.25, 0.3) is 0 Å². The van der Waals surface area contributed by atoms with E-state index in [9.17, 15) is 8.42 Å². The van der Waals surface area contributed by atoms with Gasteiger partial charge in [-0.15, -0.1) is 0 Å². The number of sulfone groups is 1. The SMILES string of the molecule is C[NH+](C)CCNc1nc(S(=O)(=O)c2ccccc2)c(Cl)s1. The number of likely N-dealkylation sites (N-methyl/N-ethyl adjacent to an activating group) is 1. The lowest BCUT2D eigenvalue weighted by Gasteiger charge is -2.06. The van der Waals surface area contributed by atoms with Crippen molar-refractivity contribution in [2.45, 2.75) is 9.92 Å². The third-order valence-electron chi connectivity index (χ3n) is 2.77. The maximum Gasteiger partial charge on any atom is 0.226 e. The van der Waals surface area contributed by atoms with Crippen molar-refractivity contribution in [3.05, 3.63) is 34.7 Å². The molecular formula is C13H17ClN3O2S2+. The van der Waals surface area contributed by atoms with Crippen molar-refractivity contribution in [1.29, 1.82) is 0 Å². The van der Waals surface area contributed by atoms with Gasteiger partial charge in [-0.05, 0) is 12.1 Å². The van der Waals surface area contributed by atoms with Gasteiger partial charge >= 0.3 is 0 Å². The Labute approximate surface area is 133 Å². The van der Waals surface area contributed by atoms with Gasteiger partial charge < -0.3 is 10.2 Å². The Kier molecular flexibility index (Phi) is 5.21. The molecule has 114 valence electrons. The molecule has 1 heterocycles. The van der Waals surface area contributed by atoms with Gasteiger partial charge in [-0.1, -0.05) is 41.1 Å². The quantitative estimate of drug-likeness (QED) is 0.824. The zero-order chi connectivity index (χ0) is 15.5. The molecule has 1 aromatic heterocycles. The van der Waals surface area contributed by atoms with Crippen molar-refractivity contribution in [1.82, 2.24) is 4.98 Å². The van der Waals surface area contributed by atoms with E-state index in [1.165, 1.54) is 17.0 Å². The van der Waals surface area contributed by atoms with Crippen LogP contribution < -0.4 is 10.2 Å². The molecule has 0 spiro atoms. The summed E-state index contributed by atoms with van der Waals surface area (Å²) in [5.74, 6) is 0. The van der Waals surface area contributed by atoms with Gasteiger partial charge in [0.1, 0.15) is 4.34 Å². The highest BCUT2D eigenvalue weighted by molar-refractivity contribution is 7.91. The van der Waals surface area contributed by atoms with Crippen LogP contribution in [-0.2, 0) is 9.84 Å². The van der Waals surface area contributed by atoms with E-state index >= 15 is 0 Å². The maximum absolute atomic E-state index is 12.5.